The summed E-state index contributed by atoms with van der Waals surface area (Å²) in [5.41, 5.74) is 8.98. The summed E-state index contributed by atoms with van der Waals surface area (Å²) in [6.07, 6.45) is 2.44. The van der Waals surface area contributed by atoms with Gasteiger partial charge in [0.1, 0.15) is 11.8 Å². The number of piperazine rings is 1. The van der Waals surface area contributed by atoms with Gasteiger partial charge in [0.2, 0.25) is 5.91 Å². The normalized spacial score (nSPS) is 31.1. The molecule has 12 nitrogen and oxygen atoms in total. The fourth-order valence-corrected chi connectivity index (χ4v) is 15.5. The molecule has 1 aromatic carbocycles. The molecule has 4 saturated heterocycles. The zero-order valence-electron chi connectivity index (χ0n) is 39.0. The molecule has 4 aromatic rings. The van der Waals surface area contributed by atoms with Crippen molar-refractivity contribution in [2.75, 3.05) is 51.3 Å². The lowest BCUT2D eigenvalue weighted by Gasteiger charge is -2.50. The van der Waals surface area contributed by atoms with Crippen molar-refractivity contribution >= 4 is 55.1 Å². The van der Waals surface area contributed by atoms with Gasteiger partial charge in [0, 0.05) is 106 Å². The molecule has 6 bridgehead atoms. The highest BCUT2D eigenvalue weighted by Crippen LogP contribution is 2.77. The SMILES string of the molecule is CCn1c(-c2cc(N3CCN4CCCC[C@@H]4C3)cnc2[C@H](C)OC)c2c3cc(ccc31)-c1csc(n1)CC1(C(=O)N3CCC[C@H](N3)C(=O)OCC(C)(C)C2)C2[Si]C2C1C(=O)[C@H]1CC1C(F)(F)F. The predicted molar refractivity (Wildman–Crippen MR) is 251 cm³/mol. The molecule has 11 rings (SSSR count). The van der Waals surface area contributed by atoms with Gasteiger partial charge in [0.15, 0.2) is 0 Å². The number of halogens is 3. The second-order valence-corrected chi connectivity index (χ2v) is 23.6. The van der Waals surface area contributed by atoms with Crippen molar-refractivity contribution in [1.29, 1.82) is 0 Å². The quantitative estimate of drug-likeness (QED) is 0.144. The van der Waals surface area contributed by atoms with Crippen LogP contribution in [0.5, 0.6) is 0 Å². The second-order valence-electron chi connectivity index (χ2n) is 21.1. The molecule has 9 atom stereocenters. The van der Waals surface area contributed by atoms with Crippen molar-refractivity contribution in [3.8, 4) is 22.5 Å². The zero-order valence-corrected chi connectivity index (χ0v) is 40.8. The lowest BCUT2D eigenvalue weighted by molar-refractivity contribution is -0.167. The first-order valence-electron chi connectivity index (χ1n) is 24.3. The number of esters is 1. The smallest absolute Gasteiger partial charge is 0.392 e. The Kier molecular flexibility index (Phi) is 11.3. The van der Waals surface area contributed by atoms with Crippen molar-refractivity contribution in [3.05, 3.63) is 52.1 Å². The van der Waals surface area contributed by atoms with Gasteiger partial charge in [-0.2, -0.15) is 13.2 Å². The lowest BCUT2D eigenvalue weighted by atomic mass is 9.55. The number of fused-ring (bicyclic) bond motifs is 9. The maximum atomic E-state index is 15.0. The Morgan fingerprint density at radius 3 is 2.70 bits per heavy atom. The van der Waals surface area contributed by atoms with Crippen LogP contribution >= 0.6 is 11.3 Å². The van der Waals surface area contributed by atoms with Gasteiger partial charge in [-0.05, 0) is 93.8 Å². The number of aromatic nitrogens is 3. The number of ketones is 1. The number of hydrogen-bond donors (Lipinski definition) is 1. The number of nitrogens with one attached hydrogen (secondary N) is 1. The molecule has 2 aliphatic carbocycles. The Balaban J connectivity index is 1.03. The summed E-state index contributed by atoms with van der Waals surface area (Å²) < 4.78 is 56.2. The molecule has 17 heteroatoms. The number of carbonyl (C=O) groups excluding carboxylic acids is 3. The van der Waals surface area contributed by atoms with E-state index in [-0.39, 0.29) is 42.5 Å². The molecular formula is C50H60F3N7O5SSi. The standard InChI is InChI=1S/C50H60F3N7O5SSi/c1-6-59-38-13-12-28-18-31(38)34(42(59)33-19-30(23-54-41(33)27(2)64-5)58-17-16-57-14-8-7-10-29(57)24-58)21-48(3,4)26-65-46(62)36-11-9-15-60(56-36)47(63)49(22-39-55-37(28)25-66-39)40(44-45(49)67-44)43(61)32-20-35(32)50(51,52)53/h12-13,18-19,23,25,27,29,32,35-36,40,44-45,56H,6-11,14-17,20-22,24,26H2,1-5H3/t27-,29+,32-,35?,36-,40?,44?,45?,49?/m0/s1. The molecular weight excluding hydrogens is 896 g/mol. The van der Waals surface area contributed by atoms with E-state index in [4.69, 9.17) is 19.4 Å². The molecule has 2 radical (unpaired) electrons. The Bertz CT molecular complexity index is 2640. The average molecular weight is 956 g/mol. The summed E-state index contributed by atoms with van der Waals surface area (Å²) in [6, 6.07) is 8.47. The number of nitrogens with zero attached hydrogens (tertiary/aromatic N) is 6. The van der Waals surface area contributed by atoms with Gasteiger partial charge in [-0.15, -0.1) is 11.3 Å². The van der Waals surface area contributed by atoms with Crippen molar-refractivity contribution < 1.29 is 37.0 Å². The monoisotopic (exact) mass is 955 g/mol. The van der Waals surface area contributed by atoms with E-state index < -0.39 is 52.6 Å². The molecule has 3 aromatic heterocycles. The fourth-order valence-electron chi connectivity index (χ4n) is 12.5. The minimum absolute atomic E-state index is 0.0981. The highest BCUT2D eigenvalue weighted by atomic mass is 32.1. The first kappa shape index (κ1) is 45.3. The van der Waals surface area contributed by atoms with E-state index in [1.54, 1.807) is 7.11 Å². The number of pyridine rings is 1. The fraction of sp³-hybridized carbons (Fsp3) is 0.620. The molecule has 356 valence electrons. The van der Waals surface area contributed by atoms with Gasteiger partial charge in [-0.1, -0.05) is 26.3 Å². The van der Waals surface area contributed by atoms with Gasteiger partial charge in [-0.3, -0.25) is 29.3 Å². The third-order valence-electron chi connectivity index (χ3n) is 16.2. The molecule has 5 aliphatic heterocycles. The van der Waals surface area contributed by atoms with Crippen molar-refractivity contribution in [1.82, 2.24) is 29.9 Å². The number of methoxy groups -OCH3 is 1. The largest absolute Gasteiger partial charge is 0.464 e. The number of cyclic esters (lactones) is 1. The molecule has 5 unspecified atom stereocenters. The molecule has 67 heavy (non-hydrogen) atoms. The van der Waals surface area contributed by atoms with Gasteiger partial charge >= 0.3 is 12.1 Å². The second kappa shape index (κ2) is 16.8. The number of alkyl halides is 3. The molecule has 6 fully saturated rings. The number of Topliss-reactive ketones (excluding diaryl/α,β-unsaturated/α-hetero) is 1. The molecule has 1 amide bonds. The number of hydrogen-bond acceptors (Lipinski definition) is 11. The third-order valence-corrected chi connectivity index (χ3v) is 19.0. The topological polar surface area (TPSA) is 122 Å². The Labute approximate surface area is 396 Å². The number of benzene rings is 1. The predicted octanol–water partition coefficient (Wildman–Crippen LogP) is 8.07. The van der Waals surface area contributed by atoms with Crippen LogP contribution in [0.15, 0.2) is 35.8 Å². The van der Waals surface area contributed by atoms with Crippen LogP contribution in [0, 0.1) is 28.6 Å². The van der Waals surface area contributed by atoms with E-state index in [9.17, 15) is 22.8 Å². The molecule has 1 N–H and O–H groups in total. The van der Waals surface area contributed by atoms with Crippen LogP contribution in [0.3, 0.4) is 0 Å². The first-order chi connectivity index (χ1) is 32.1. The number of anilines is 1. The van der Waals surface area contributed by atoms with Crippen LogP contribution in [-0.2, 0) is 43.2 Å². The molecule has 8 heterocycles. The van der Waals surface area contributed by atoms with Crippen LogP contribution in [0.1, 0.15) is 88.6 Å². The van der Waals surface area contributed by atoms with E-state index in [1.807, 2.05) is 18.5 Å². The van der Waals surface area contributed by atoms with Gasteiger partial charge < -0.3 is 18.9 Å². The van der Waals surface area contributed by atoms with Gasteiger partial charge in [0.05, 0.1) is 58.0 Å². The summed E-state index contributed by atoms with van der Waals surface area (Å²) >= 11 is 1.42. The maximum absolute atomic E-state index is 15.0. The van der Waals surface area contributed by atoms with E-state index in [0.29, 0.717) is 52.9 Å². The van der Waals surface area contributed by atoms with Crippen molar-refractivity contribution in [2.24, 2.45) is 28.6 Å². The summed E-state index contributed by atoms with van der Waals surface area (Å²) in [6.45, 7) is 13.6. The van der Waals surface area contributed by atoms with Crippen LogP contribution in [0.25, 0.3) is 33.4 Å². The van der Waals surface area contributed by atoms with Gasteiger partial charge in [-0.25, -0.2) is 10.4 Å². The zero-order chi connectivity index (χ0) is 46.7. The minimum Gasteiger partial charge on any atom is -0.464 e. The minimum atomic E-state index is -4.46. The summed E-state index contributed by atoms with van der Waals surface area (Å²) in [5.74, 6) is -4.84. The highest BCUT2D eigenvalue weighted by molar-refractivity contribution is 7.10. The number of ether oxygens (including phenoxy) is 2. The maximum Gasteiger partial charge on any atom is 0.392 e. The Morgan fingerprint density at radius 2 is 1.93 bits per heavy atom. The average Bonchev–Trinajstić information content (AvgIpc) is 4.21. The van der Waals surface area contributed by atoms with Crippen LogP contribution in [0.4, 0.5) is 18.9 Å². The number of thiazole rings is 1. The lowest BCUT2D eigenvalue weighted by Crippen LogP contribution is -2.63. The number of rotatable bonds is 7. The van der Waals surface area contributed by atoms with Crippen molar-refractivity contribution in [2.45, 2.75) is 121 Å². The van der Waals surface area contributed by atoms with E-state index in [1.165, 1.54) is 35.6 Å². The Hall–Kier alpha value is -4.16. The Morgan fingerprint density at radius 1 is 1.09 bits per heavy atom. The number of piperidine rings is 1. The summed E-state index contributed by atoms with van der Waals surface area (Å²) in [4.78, 5) is 58.8. The molecule has 1 spiro atoms. The molecule has 2 saturated carbocycles. The van der Waals surface area contributed by atoms with E-state index in [2.05, 4.69) is 64.8 Å². The number of aryl methyl sites for hydroxylation is 1. The summed E-state index contributed by atoms with van der Waals surface area (Å²) in [5, 5.41) is 5.18. The summed E-state index contributed by atoms with van der Waals surface area (Å²) in [7, 11) is 2.02. The van der Waals surface area contributed by atoms with Crippen molar-refractivity contribution in [3.63, 3.8) is 0 Å². The number of amides is 1. The third kappa shape index (κ3) is 7.77. The van der Waals surface area contributed by atoms with Crippen LogP contribution in [0.2, 0.25) is 11.1 Å². The first-order valence-corrected chi connectivity index (χ1v) is 26.4. The number of hydrazine groups is 1. The molecule has 7 aliphatic rings. The van der Waals surface area contributed by atoms with Gasteiger partial charge in [0.25, 0.3) is 0 Å². The van der Waals surface area contributed by atoms with Crippen LogP contribution < -0.4 is 10.3 Å². The number of carbonyl (C=O) groups is 3. The van der Waals surface area contributed by atoms with E-state index in [0.717, 1.165) is 76.5 Å². The highest BCUT2D eigenvalue weighted by Gasteiger charge is 2.79. The van der Waals surface area contributed by atoms with E-state index >= 15 is 4.79 Å². The van der Waals surface area contributed by atoms with Crippen LogP contribution in [-0.4, -0.2) is 116 Å².